The number of amides is 1. The zero-order valence-electron chi connectivity index (χ0n) is 16.4. The molecule has 0 radical (unpaired) electrons. The first-order valence-corrected chi connectivity index (χ1v) is 10.8. The lowest BCUT2D eigenvalue weighted by Crippen LogP contribution is -2.38. The minimum Gasteiger partial charge on any atom is -0.368 e. The standard InChI is InChI=1S/C19H24FN5O3S/c1-13-17(12-22-19(21)23-13)18(26)25-9-4-6-15(8-10-25)24(2)29(27,28)16-7-3-5-14(20)11-16/h3,5,7,11-12,15H,4,6,8-10H2,1-2H3,(H2,21,22,23). The Balaban J connectivity index is 1.73. The van der Waals surface area contributed by atoms with Crippen LogP contribution in [0.15, 0.2) is 35.4 Å². The summed E-state index contributed by atoms with van der Waals surface area (Å²) in [6.07, 6.45) is 3.15. The van der Waals surface area contributed by atoms with Gasteiger partial charge in [0, 0.05) is 32.4 Å². The molecule has 1 aromatic heterocycles. The first kappa shape index (κ1) is 21.1. The number of nitrogen functional groups attached to an aromatic ring is 1. The fourth-order valence-electron chi connectivity index (χ4n) is 3.50. The molecule has 0 saturated carbocycles. The summed E-state index contributed by atoms with van der Waals surface area (Å²) in [4.78, 5) is 22.4. The second-order valence-corrected chi connectivity index (χ2v) is 9.08. The molecular weight excluding hydrogens is 397 g/mol. The van der Waals surface area contributed by atoms with E-state index in [0.717, 1.165) is 6.07 Å². The maximum absolute atomic E-state index is 13.5. The SMILES string of the molecule is Cc1nc(N)ncc1C(=O)N1CCCC(N(C)S(=O)(=O)c2cccc(F)c2)CC1. The number of hydrogen-bond donors (Lipinski definition) is 1. The van der Waals surface area contributed by atoms with Gasteiger partial charge in [-0.3, -0.25) is 4.79 Å². The molecule has 1 unspecified atom stereocenters. The molecule has 1 atom stereocenters. The molecule has 1 amide bonds. The maximum atomic E-state index is 13.5. The van der Waals surface area contributed by atoms with E-state index in [4.69, 9.17) is 5.73 Å². The number of nitrogens with zero attached hydrogens (tertiary/aromatic N) is 4. The third kappa shape index (κ3) is 4.54. The van der Waals surface area contributed by atoms with Crippen molar-refractivity contribution in [1.29, 1.82) is 0 Å². The third-order valence-corrected chi connectivity index (χ3v) is 7.11. The van der Waals surface area contributed by atoms with Crippen LogP contribution in [0.3, 0.4) is 0 Å². The van der Waals surface area contributed by atoms with Crippen molar-refractivity contribution in [2.75, 3.05) is 25.9 Å². The van der Waals surface area contributed by atoms with E-state index in [0.29, 0.717) is 43.6 Å². The zero-order valence-corrected chi connectivity index (χ0v) is 17.2. The number of hydrogen-bond acceptors (Lipinski definition) is 6. The molecule has 0 bridgehead atoms. The van der Waals surface area contributed by atoms with Gasteiger partial charge < -0.3 is 10.6 Å². The molecule has 0 aliphatic carbocycles. The molecule has 29 heavy (non-hydrogen) atoms. The summed E-state index contributed by atoms with van der Waals surface area (Å²) >= 11 is 0. The number of carbonyl (C=O) groups excluding carboxylic acids is 1. The fraction of sp³-hybridized carbons (Fsp3) is 0.421. The minimum atomic E-state index is -3.82. The smallest absolute Gasteiger partial charge is 0.257 e. The van der Waals surface area contributed by atoms with E-state index >= 15 is 0 Å². The highest BCUT2D eigenvalue weighted by atomic mass is 32.2. The van der Waals surface area contributed by atoms with Gasteiger partial charge in [-0.25, -0.2) is 22.8 Å². The van der Waals surface area contributed by atoms with Gasteiger partial charge >= 0.3 is 0 Å². The van der Waals surface area contributed by atoms with Crippen molar-refractivity contribution in [2.24, 2.45) is 0 Å². The van der Waals surface area contributed by atoms with E-state index in [1.165, 1.54) is 35.7 Å². The van der Waals surface area contributed by atoms with Crippen molar-refractivity contribution < 1.29 is 17.6 Å². The Hall–Kier alpha value is -2.59. The highest BCUT2D eigenvalue weighted by Gasteiger charge is 2.31. The number of sulfonamides is 1. The summed E-state index contributed by atoms with van der Waals surface area (Å²) in [5.74, 6) is -0.684. The molecule has 1 aliphatic rings. The molecule has 1 fully saturated rings. The van der Waals surface area contributed by atoms with Gasteiger partial charge in [0.1, 0.15) is 5.82 Å². The molecule has 2 aromatic rings. The van der Waals surface area contributed by atoms with Gasteiger partial charge in [0.25, 0.3) is 5.91 Å². The number of aromatic nitrogens is 2. The number of likely N-dealkylation sites (tertiary alicyclic amines) is 1. The van der Waals surface area contributed by atoms with Crippen molar-refractivity contribution >= 4 is 21.9 Å². The van der Waals surface area contributed by atoms with Crippen molar-refractivity contribution in [3.05, 3.63) is 47.5 Å². The van der Waals surface area contributed by atoms with E-state index in [1.54, 1.807) is 11.8 Å². The highest BCUT2D eigenvalue weighted by Crippen LogP contribution is 2.24. The van der Waals surface area contributed by atoms with E-state index in [2.05, 4.69) is 9.97 Å². The first-order valence-electron chi connectivity index (χ1n) is 9.32. The second-order valence-electron chi connectivity index (χ2n) is 7.08. The number of aryl methyl sites for hydroxylation is 1. The average Bonchev–Trinajstić information content (AvgIpc) is 2.93. The monoisotopic (exact) mass is 421 g/mol. The van der Waals surface area contributed by atoms with Crippen LogP contribution in [-0.2, 0) is 10.0 Å². The lowest BCUT2D eigenvalue weighted by Gasteiger charge is -2.27. The van der Waals surface area contributed by atoms with Gasteiger partial charge in [0.15, 0.2) is 0 Å². The molecule has 1 aromatic carbocycles. The molecule has 3 rings (SSSR count). The Labute approximate surface area is 169 Å². The molecule has 2 N–H and O–H groups in total. The quantitative estimate of drug-likeness (QED) is 0.807. The summed E-state index contributed by atoms with van der Waals surface area (Å²) in [7, 11) is -2.32. The van der Waals surface area contributed by atoms with Crippen LogP contribution >= 0.6 is 0 Å². The van der Waals surface area contributed by atoms with Crippen LogP contribution in [0.4, 0.5) is 10.3 Å². The number of rotatable bonds is 4. The lowest BCUT2D eigenvalue weighted by atomic mass is 10.1. The van der Waals surface area contributed by atoms with E-state index in [1.807, 2.05) is 0 Å². The molecule has 156 valence electrons. The number of anilines is 1. The van der Waals surface area contributed by atoms with E-state index in [-0.39, 0.29) is 22.8 Å². The third-order valence-electron chi connectivity index (χ3n) is 5.20. The van der Waals surface area contributed by atoms with Gasteiger partial charge in [-0.05, 0) is 44.4 Å². The molecule has 0 spiro atoms. The largest absolute Gasteiger partial charge is 0.368 e. The molecule has 10 heteroatoms. The lowest BCUT2D eigenvalue weighted by molar-refractivity contribution is 0.0758. The predicted octanol–water partition coefficient (Wildman–Crippen LogP) is 1.82. The van der Waals surface area contributed by atoms with E-state index in [9.17, 15) is 17.6 Å². The van der Waals surface area contributed by atoms with Crippen molar-refractivity contribution in [1.82, 2.24) is 19.2 Å². The summed E-state index contributed by atoms with van der Waals surface area (Å²) in [6.45, 7) is 2.61. The Bertz CT molecular complexity index is 1010. The molecule has 1 saturated heterocycles. The van der Waals surface area contributed by atoms with Crippen molar-refractivity contribution in [3.63, 3.8) is 0 Å². The highest BCUT2D eigenvalue weighted by molar-refractivity contribution is 7.89. The maximum Gasteiger partial charge on any atom is 0.257 e. The Morgan fingerprint density at radius 2 is 2.07 bits per heavy atom. The molecule has 8 nitrogen and oxygen atoms in total. The van der Waals surface area contributed by atoms with Crippen LogP contribution in [0.2, 0.25) is 0 Å². The molecule has 2 heterocycles. The predicted molar refractivity (Wildman–Crippen MR) is 106 cm³/mol. The fourth-order valence-corrected chi connectivity index (χ4v) is 4.95. The number of benzene rings is 1. The zero-order chi connectivity index (χ0) is 21.2. The Morgan fingerprint density at radius 3 is 2.76 bits per heavy atom. The topological polar surface area (TPSA) is 109 Å². The van der Waals surface area contributed by atoms with Crippen molar-refractivity contribution in [3.8, 4) is 0 Å². The van der Waals surface area contributed by atoms with Gasteiger partial charge in [-0.2, -0.15) is 4.31 Å². The summed E-state index contributed by atoms with van der Waals surface area (Å²) in [5, 5.41) is 0. The van der Waals surface area contributed by atoms with Gasteiger partial charge in [0.2, 0.25) is 16.0 Å². The summed E-state index contributed by atoms with van der Waals surface area (Å²) in [5.41, 5.74) is 6.44. The number of nitrogens with two attached hydrogens (primary N) is 1. The van der Waals surface area contributed by atoms with Crippen LogP contribution in [0.1, 0.15) is 35.3 Å². The summed E-state index contributed by atoms with van der Waals surface area (Å²) < 4.78 is 40.5. The van der Waals surface area contributed by atoms with E-state index < -0.39 is 15.8 Å². The van der Waals surface area contributed by atoms with Crippen LogP contribution in [0.5, 0.6) is 0 Å². The molecular formula is C19H24FN5O3S. The van der Waals surface area contributed by atoms with Gasteiger partial charge in [-0.15, -0.1) is 0 Å². The van der Waals surface area contributed by atoms with Gasteiger partial charge in [0.05, 0.1) is 16.2 Å². The Kier molecular flexibility index (Phi) is 6.13. The second kappa shape index (κ2) is 8.42. The van der Waals surface area contributed by atoms with Crippen LogP contribution < -0.4 is 5.73 Å². The minimum absolute atomic E-state index is 0.0770. The average molecular weight is 421 g/mol. The van der Waals surface area contributed by atoms with Crippen LogP contribution in [-0.4, -0.2) is 59.7 Å². The van der Waals surface area contributed by atoms with Crippen LogP contribution in [0.25, 0.3) is 0 Å². The number of carbonyl (C=O) groups is 1. The van der Waals surface area contributed by atoms with Crippen molar-refractivity contribution in [2.45, 2.75) is 37.1 Å². The number of halogens is 1. The van der Waals surface area contributed by atoms with Crippen LogP contribution in [0, 0.1) is 12.7 Å². The van der Waals surface area contributed by atoms with Gasteiger partial charge in [-0.1, -0.05) is 6.07 Å². The first-order chi connectivity index (χ1) is 13.7. The normalized spacial score (nSPS) is 17.9. The molecule has 1 aliphatic heterocycles. The Morgan fingerprint density at radius 1 is 1.31 bits per heavy atom. The summed E-state index contributed by atoms with van der Waals surface area (Å²) in [6, 6.07) is 4.69.